The number of hydrogen-bond acceptors (Lipinski definition) is 5. The van der Waals surface area contributed by atoms with E-state index in [1.165, 1.54) is 12.7 Å². The van der Waals surface area contributed by atoms with Crippen molar-refractivity contribution in [2.24, 2.45) is 0 Å². The molecule has 5 nitrogen and oxygen atoms in total. The number of anilines is 1. The Labute approximate surface area is 114 Å². The van der Waals surface area contributed by atoms with Crippen LogP contribution in [0.25, 0.3) is 0 Å². The molecule has 0 aromatic carbocycles. The monoisotopic (exact) mass is 283 g/mol. The van der Waals surface area contributed by atoms with Crippen molar-refractivity contribution in [2.75, 3.05) is 18.6 Å². The number of nitrogens with one attached hydrogen (secondary N) is 1. The van der Waals surface area contributed by atoms with Crippen LogP contribution in [0, 0.1) is 0 Å². The number of aromatic nitrogens is 2. The minimum absolute atomic E-state index is 0.410. The normalized spacial score (nSPS) is 17.4. The fraction of sp³-hybridized carbons (Fsp3) is 0.692. The maximum absolute atomic E-state index is 11.7. The summed E-state index contributed by atoms with van der Waals surface area (Å²) < 4.78 is 23.3. The molecule has 19 heavy (non-hydrogen) atoms. The minimum Gasteiger partial charge on any atom is -0.373 e. The molecule has 1 unspecified atom stereocenters. The summed E-state index contributed by atoms with van der Waals surface area (Å²) in [6, 6.07) is 0. The summed E-state index contributed by atoms with van der Waals surface area (Å²) in [7, 11) is -1.35. The van der Waals surface area contributed by atoms with Gasteiger partial charge in [0.05, 0.1) is 0 Å². The molecular weight excluding hydrogens is 262 g/mol. The van der Waals surface area contributed by atoms with Crippen LogP contribution < -0.4 is 5.32 Å². The van der Waals surface area contributed by atoms with Crippen molar-refractivity contribution in [3.05, 3.63) is 17.1 Å². The molecule has 1 aliphatic rings. The van der Waals surface area contributed by atoms with Crippen LogP contribution in [-0.4, -0.2) is 31.7 Å². The lowest BCUT2D eigenvalue weighted by Gasteiger charge is -2.15. The van der Waals surface area contributed by atoms with Crippen LogP contribution in [0.2, 0.25) is 0 Å². The number of nitrogens with zero attached hydrogens (tertiary/aromatic N) is 2. The maximum atomic E-state index is 11.7. The van der Waals surface area contributed by atoms with E-state index in [0.717, 1.165) is 42.8 Å². The zero-order valence-electron chi connectivity index (χ0n) is 11.7. The van der Waals surface area contributed by atoms with Crippen LogP contribution >= 0.6 is 0 Å². The zero-order chi connectivity index (χ0) is 14.0. The smallest absolute Gasteiger partial charge is 0.157 e. The lowest BCUT2D eigenvalue weighted by atomic mass is 10.1. The molecule has 0 aliphatic heterocycles. The van der Waals surface area contributed by atoms with Crippen molar-refractivity contribution in [2.45, 2.75) is 44.3 Å². The van der Waals surface area contributed by atoms with Crippen LogP contribution in [0.5, 0.6) is 0 Å². The SMILES string of the molecule is CNc1nc(C(C)S(C)(=O)=O)nc2c1CCCCC2. The minimum atomic E-state index is -3.17. The molecule has 0 amide bonds. The van der Waals surface area contributed by atoms with Gasteiger partial charge in [0, 0.05) is 24.6 Å². The fourth-order valence-electron chi connectivity index (χ4n) is 2.37. The predicted octanol–water partition coefficient (Wildman–Crippen LogP) is 1.89. The molecule has 0 bridgehead atoms. The van der Waals surface area contributed by atoms with Gasteiger partial charge in [-0.2, -0.15) is 0 Å². The number of fused-ring (bicyclic) bond motifs is 1. The van der Waals surface area contributed by atoms with Gasteiger partial charge in [-0.3, -0.25) is 0 Å². The molecule has 0 saturated heterocycles. The molecular formula is C13H21N3O2S. The van der Waals surface area contributed by atoms with Gasteiger partial charge in [0.2, 0.25) is 0 Å². The van der Waals surface area contributed by atoms with Crippen molar-refractivity contribution in [3.63, 3.8) is 0 Å². The molecule has 1 heterocycles. The van der Waals surface area contributed by atoms with E-state index < -0.39 is 15.1 Å². The van der Waals surface area contributed by atoms with Gasteiger partial charge in [0.15, 0.2) is 9.84 Å². The summed E-state index contributed by atoms with van der Waals surface area (Å²) in [4.78, 5) is 8.93. The molecule has 1 atom stereocenters. The van der Waals surface area contributed by atoms with Crippen LogP contribution in [0.4, 0.5) is 5.82 Å². The first-order valence-electron chi connectivity index (χ1n) is 6.69. The third kappa shape index (κ3) is 3.05. The van der Waals surface area contributed by atoms with E-state index in [2.05, 4.69) is 15.3 Å². The van der Waals surface area contributed by atoms with Crippen LogP contribution in [-0.2, 0) is 22.7 Å². The highest BCUT2D eigenvalue weighted by Crippen LogP contribution is 2.27. The number of rotatable bonds is 3. The Morgan fingerprint density at radius 3 is 2.47 bits per heavy atom. The van der Waals surface area contributed by atoms with Gasteiger partial charge < -0.3 is 5.32 Å². The Morgan fingerprint density at radius 2 is 1.84 bits per heavy atom. The van der Waals surface area contributed by atoms with E-state index in [1.807, 2.05) is 7.05 Å². The van der Waals surface area contributed by atoms with Crippen molar-refractivity contribution in [1.82, 2.24) is 9.97 Å². The summed E-state index contributed by atoms with van der Waals surface area (Å²) in [6.07, 6.45) is 6.56. The Hall–Kier alpha value is -1.17. The topological polar surface area (TPSA) is 72.0 Å². The third-order valence-electron chi connectivity index (χ3n) is 3.69. The predicted molar refractivity (Wildman–Crippen MR) is 76.1 cm³/mol. The first kappa shape index (κ1) is 14.2. The molecule has 0 spiro atoms. The summed E-state index contributed by atoms with van der Waals surface area (Å²) >= 11 is 0. The lowest BCUT2D eigenvalue weighted by Crippen LogP contribution is -2.15. The van der Waals surface area contributed by atoms with Crippen LogP contribution in [0.1, 0.15) is 48.5 Å². The summed E-state index contributed by atoms with van der Waals surface area (Å²) in [5.74, 6) is 1.20. The quantitative estimate of drug-likeness (QED) is 0.858. The summed E-state index contributed by atoms with van der Waals surface area (Å²) in [6.45, 7) is 1.65. The van der Waals surface area contributed by atoms with Gasteiger partial charge in [0.1, 0.15) is 16.9 Å². The van der Waals surface area contributed by atoms with Crippen LogP contribution in [0.15, 0.2) is 0 Å². The highest BCUT2D eigenvalue weighted by atomic mass is 32.2. The second-order valence-corrected chi connectivity index (χ2v) is 7.50. The highest BCUT2D eigenvalue weighted by Gasteiger charge is 2.24. The molecule has 6 heteroatoms. The van der Waals surface area contributed by atoms with Crippen LogP contribution in [0.3, 0.4) is 0 Å². The Kier molecular flexibility index (Phi) is 4.08. The van der Waals surface area contributed by atoms with E-state index >= 15 is 0 Å². The second-order valence-electron chi connectivity index (χ2n) is 5.14. The molecule has 0 radical (unpaired) electrons. The second kappa shape index (κ2) is 5.45. The van der Waals surface area contributed by atoms with E-state index in [0.29, 0.717) is 5.82 Å². The summed E-state index contributed by atoms with van der Waals surface area (Å²) in [5.41, 5.74) is 2.17. The van der Waals surface area contributed by atoms with Crippen molar-refractivity contribution >= 4 is 15.7 Å². The molecule has 1 N–H and O–H groups in total. The molecule has 2 rings (SSSR count). The van der Waals surface area contributed by atoms with Gasteiger partial charge in [-0.05, 0) is 32.6 Å². The number of sulfone groups is 1. The first-order valence-corrected chi connectivity index (χ1v) is 8.65. The average Bonchev–Trinajstić information content (AvgIpc) is 2.60. The third-order valence-corrected chi connectivity index (χ3v) is 5.19. The molecule has 1 aliphatic carbocycles. The highest BCUT2D eigenvalue weighted by molar-refractivity contribution is 7.90. The fourth-order valence-corrected chi connectivity index (χ4v) is 2.86. The largest absolute Gasteiger partial charge is 0.373 e. The van der Waals surface area contributed by atoms with Gasteiger partial charge in [-0.1, -0.05) is 6.42 Å². The van der Waals surface area contributed by atoms with E-state index in [-0.39, 0.29) is 0 Å². The van der Waals surface area contributed by atoms with E-state index in [4.69, 9.17) is 0 Å². The van der Waals surface area contributed by atoms with E-state index in [9.17, 15) is 8.42 Å². The number of hydrogen-bond donors (Lipinski definition) is 1. The molecule has 106 valence electrons. The lowest BCUT2D eigenvalue weighted by molar-refractivity contribution is 0.588. The van der Waals surface area contributed by atoms with Gasteiger partial charge >= 0.3 is 0 Å². The maximum Gasteiger partial charge on any atom is 0.157 e. The molecule has 0 saturated carbocycles. The average molecular weight is 283 g/mol. The van der Waals surface area contributed by atoms with Gasteiger partial charge in [-0.25, -0.2) is 18.4 Å². The Bertz CT molecular complexity index is 569. The molecule has 0 fully saturated rings. The summed E-state index contributed by atoms with van der Waals surface area (Å²) in [5, 5.41) is 2.42. The standard InChI is InChI=1S/C13H21N3O2S/c1-9(19(3,17)18)12-15-11-8-6-4-5-7-10(11)13(14-2)16-12/h9H,4-8H2,1-3H3,(H,14,15,16). The van der Waals surface area contributed by atoms with Crippen molar-refractivity contribution in [3.8, 4) is 0 Å². The van der Waals surface area contributed by atoms with E-state index in [1.54, 1.807) is 6.92 Å². The zero-order valence-corrected chi connectivity index (χ0v) is 12.5. The Morgan fingerprint density at radius 1 is 1.16 bits per heavy atom. The van der Waals surface area contributed by atoms with Gasteiger partial charge in [0.25, 0.3) is 0 Å². The number of aryl methyl sites for hydroxylation is 1. The molecule has 1 aromatic rings. The van der Waals surface area contributed by atoms with Crippen molar-refractivity contribution < 1.29 is 8.42 Å². The van der Waals surface area contributed by atoms with Gasteiger partial charge in [-0.15, -0.1) is 0 Å². The van der Waals surface area contributed by atoms with Crippen molar-refractivity contribution in [1.29, 1.82) is 0 Å². The Balaban J connectivity index is 2.51. The molecule has 1 aromatic heterocycles. The first-order chi connectivity index (χ1) is 8.93.